The van der Waals surface area contributed by atoms with Crippen molar-refractivity contribution >= 4 is 57.4 Å². The SMILES string of the molecule is CC(C)[C@H](NC(=O)[C@](C)(NC(=O)OCc1ccccc1)c1ccc2ccccc2c1)C(=O)Nc1n[nH]c(=S)s1. The Morgan fingerprint density at radius 3 is 2.38 bits per heavy atom. The van der Waals surface area contributed by atoms with Crippen LogP contribution in [-0.2, 0) is 26.5 Å². The molecule has 0 unspecified atom stereocenters. The summed E-state index contributed by atoms with van der Waals surface area (Å²) in [4.78, 5) is 39.9. The van der Waals surface area contributed by atoms with E-state index >= 15 is 0 Å². The van der Waals surface area contributed by atoms with Gasteiger partial charge < -0.3 is 15.4 Å². The lowest BCUT2D eigenvalue weighted by Gasteiger charge is -2.32. The van der Waals surface area contributed by atoms with Crippen LogP contribution in [0.15, 0.2) is 72.8 Å². The number of aromatic nitrogens is 2. The van der Waals surface area contributed by atoms with Crippen molar-refractivity contribution < 1.29 is 19.1 Å². The topological polar surface area (TPSA) is 125 Å². The molecule has 3 aromatic carbocycles. The van der Waals surface area contributed by atoms with E-state index in [-0.39, 0.29) is 12.5 Å². The van der Waals surface area contributed by atoms with Gasteiger partial charge in [-0.1, -0.05) is 91.9 Å². The lowest BCUT2D eigenvalue weighted by atomic mass is 9.88. The number of aromatic amines is 1. The lowest BCUT2D eigenvalue weighted by Crippen LogP contribution is -2.59. The molecule has 4 N–H and O–H groups in total. The van der Waals surface area contributed by atoms with Gasteiger partial charge in [-0.25, -0.2) is 4.79 Å². The number of carbonyl (C=O) groups is 3. The third-order valence-corrected chi connectivity index (χ3v) is 7.25. The average Bonchev–Trinajstić information content (AvgIpc) is 3.34. The second-order valence-electron chi connectivity index (χ2n) is 9.48. The number of ether oxygens (including phenoxy) is 1. The molecule has 1 aromatic heterocycles. The van der Waals surface area contributed by atoms with E-state index in [1.54, 1.807) is 13.0 Å². The first-order valence-corrected chi connectivity index (χ1v) is 13.5. The summed E-state index contributed by atoms with van der Waals surface area (Å²) < 4.78 is 5.85. The van der Waals surface area contributed by atoms with Gasteiger partial charge in [-0.05, 0) is 53.0 Å². The maximum Gasteiger partial charge on any atom is 0.408 e. The molecule has 0 bridgehead atoms. The lowest BCUT2D eigenvalue weighted by molar-refractivity contribution is -0.131. The van der Waals surface area contributed by atoms with Crippen molar-refractivity contribution in [3.8, 4) is 0 Å². The van der Waals surface area contributed by atoms with E-state index in [1.807, 2.05) is 80.6 Å². The summed E-state index contributed by atoms with van der Waals surface area (Å²) in [5, 5.41) is 17.0. The number of amides is 3. The normalized spacial score (nSPS) is 13.3. The van der Waals surface area contributed by atoms with Crippen LogP contribution in [0.3, 0.4) is 0 Å². The van der Waals surface area contributed by atoms with Gasteiger partial charge in [-0.2, -0.15) is 0 Å². The molecule has 4 rings (SSSR count). The van der Waals surface area contributed by atoms with Crippen LogP contribution < -0.4 is 16.0 Å². The Hall–Kier alpha value is -4.09. The smallest absolute Gasteiger partial charge is 0.408 e. The molecule has 0 spiro atoms. The molecule has 1 heterocycles. The molecule has 39 heavy (non-hydrogen) atoms. The zero-order valence-electron chi connectivity index (χ0n) is 21.7. The highest BCUT2D eigenvalue weighted by Crippen LogP contribution is 2.27. The molecule has 0 aliphatic carbocycles. The van der Waals surface area contributed by atoms with Crippen LogP contribution in [0, 0.1) is 9.87 Å². The monoisotopic (exact) mass is 563 g/mol. The summed E-state index contributed by atoms with van der Waals surface area (Å²) in [7, 11) is 0. The fourth-order valence-electron chi connectivity index (χ4n) is 4.01. The number of nitrogens with zero attached hydrogens (tertiary/aromatic N) is 1. The maximum absolute atomic E-state index is 13.9. The highest BCUT2D eigenvalue weighted by atomic mass is 32.1. The van der Waals surface area contributed by atoms with E-state index in [9.17, 15) is 14.4 Å². The molecule has 2 atom stereocenters. The summed E-state index contributed by atoms with van der Waals surface area (Å²) in [6, 6.07) is 21.5. The zero-order valence-corrected chi connectivity index (χ0v) is 23.3. The first kappa shape index (κ1) is 27.9. The van der Waals surface area contributed by atoms with Crippen LogP contribution in [0.4, 0.5) is 9.93 Å². The number of rotatable bonds is 9. The molecule has 4 aromatic rings. The van der Waals surface area contributed by atoms with Gasteiger partial charge >= 0.3 is 6.09 Å². The van der Waals surface area contributed by atoms with Gasteiger partial charge in [0.2, 0.25) is 11.0 Å². The van der Waals surface area contributed by atoms with E-state index in [0.717, 1.165) is 27.7 Å². The number of anilines is 1. The zero-order chi connectivity index (χ0) is 28.0. The summed E-state index contributed by atoms with van der Waals surface area (Å²) in [6.45, 7) is 5.25. The number of alkyl carbamates (subject to hydrolysis) is 1. The van der Waals surface area contributed by atoms with Crippen molar-refractivity contribution in [3.63, 3.8) is 0 Å². The number of nitrogens with one attached hydrogen (secondary N) is 4. The van der Waals surface area contributed by atoms with Crippen molar-refractivity contribution in [2.75, 3.05) is 5.32 Å². The summed E-state index contributed by atoms with van der Waals surface area (Å²) in [6.07, 6.45) is -0.772. The van der Waals surface area contributed by atoms with Gasteiger partial charge in [0, 0.05) is 0 Å². The second kappa shape index (κ2) is 12.2. The Labute approximate surface area is 235 Å². The molecule has 3 amide bonds. The van der Waals surface area contributed by atoms with Crippen LogP contribution in [0.25, 0.3) is 10.8 Å². The van der Waals surface area contributed by atoms with E-state index in [0.29, 0.717) is 14.6 Å². The minimum absolute atomic E-state index is 0.0365. The van der Waals surface area contributed by atoms with Gasteiger partial charge in [-0.15, -0.1) is 5.10 Å². The molecule has 0 fully saturated rings. The summed E-state index contributed by atoms with van der Waals surface area (Å²) in [5.41, 5.74) is -0.222. The Balaban J connectivity index is 1.60. The van der Waals surface area contributed by atoms with Crippen molar-refractivity contribution in [3.05, 3.63) is 87.9 Å². The maximum atomic E-state index is 13.9. The predicted octanol–water partition coefficient (Wildman–Crippen LogP) is 5.27. The van der Waals surface area contributed by atoms with Crippen LogP contribution >= 0.6 is 23.6 Å². The Morgan fingerprint density at radius 2 is 1.72 bits per heavy atom. The first-order valence-electron chi connectivity index (χ1n) is 12.3. The largest absolute Gasteiger partial charge is 0.445 e. The van der Waals surface area contributed by atoms with Gasteiger partial charge in [-0.3, -0.25) is 20.0 Å². The molecule has 0 saturated heterocycles. The fourth-order valence-corrected chi connectivity index (χ4v) is 4.80. The molecule has 0 aliphatic heterocycles. The van der Waals surface area contributed by atoms with Gasteiger partial charge in [0.15, 0.2) is 3.95 Å². The Morgan fingerprint density at radius 1 is 1.03 bits per heavy atom. The minimum Gasteiger partial charge on any atom is -0.445 e. The first-order chi connectivity index (χ1) is 18.7. The Bertz CT molecular complexity index is 1540. The van der Waals surface area contributed by atoms with E-state index in [2.05, 4.69) is 26.1 Å². The van der Waals surface area contributed by atoms with E-state index < -0.39 is 29.5 Å². The van der Waals surface area contributed by atoms with Crippen molar-refractivity contribution in [1.82, 2.24) is 20.8 Å². The van der Waals surface area contributed by atoms with E-state index in [1.165, 1.54) is 0 Å². The quantitative estimate of drug-likeness (QED) is 0.206. The van der Waals surface area contributed by atoms with Crippen molar-refractivity contribution in [1.29, 1.82) is 0 Å². The van der Waals surface area contributed by atoms with Crippen molar-refractivity contribution in [2.45, 2.75) is 39.0 Å². The van der Waals surface area contributed by atoms with Crippen LogP contribution in [0.1, 0.15) is 31.9 Å². The standard InChI is InChI=1S/C28H29N5O4S2/c1-17(2)22(23(34)30-25-32-33-27(38)39-25)29-24(35)28(3,21-14-13-19-11-7-8-12-20(19)15-21)31-26(36)37-16-18-9-5-4-6-10-18/h4-15,17,22H,16H2,1-3H3,(H,29,35)(H,31,36)(H,33,38)(H,30,32,34)/t22-,28+/m0/s1. The van der Waals surface area contributed by atoms with Gasteiger partial charge in [0.05, 0.1) is 0 Å². The number of H-pyrrole nitrogens is 1. The third-order valence-electron chi connectivity index (χ3n) is 6.25. The van der Waals surface area contributed by atoms with Crippen molar-refractivity contribution in [2.24, 2.45) is 5.92 Å². The highest BCUT2D eigenvalue weighted by Gasteiger charge is 2.40. The Kier molecular flexibility index (Phi) is 8.72. The van der Waals surface area contributed by atoms with E-state index in [4.69, 9.17) is 17.0 Å². The molecule has 11 heteroatoms. The average molecular weight is 564 g/mol. The van der Waals surface area contributed by atoms with Crippen LogP contribution in [0.5, 0.6) is 0 Å². The molecular weight excluding hydrogens is 534 g/mol. The predicted molar refractivity (Wildman–Crippen MR) is 154 cm³/mol. The van der Waals surface area contributed by atoms with Crippen LogP contribution in [0.2, 0.25) is 0 Å². The third kappa shape index (κ3) is 6.87. The molecule has 9 nitrogen and oxygen atoms in total. The second-order valence-corrected chi connectivity index (χ2v) is 11.1. The summed E-state index contributed by atoms with van der Waals surface area (Å²) in [5.74, 6) is -1.30. The van der Waals surface area contributed by atoms with Gasteiger partial charge in [0.25, 0.3) is 5.91 Å². The number of hydrogen-bond acceptors (Lipinski definition) is 7. The summed E-state index contributed by atoms with van der Waals surface area (Å²) >= 11 is 6.14. The van der Waals surface area contributed by atoms with Crippen LogP contribution in [-0.4, -0.2) is 34.1 Å². The highest BCUT2D eigenvalue weighted by molar-refractivity contribution is 7.73. The molecule has 0 radical (unpaired) electrons. The number of fused-ring (bicyclic) bond motifs is 1. The molecular formula is C28H29N5O4S2. The molecule has 0 aliphatic rings. The molecule has 0 saturated carbocycles. The fraction of sp³-hybridized carbons (Fsp3) is 0.250. The number of hydrogen-bond donors (Lipinski definition) is 4. The number of carbonyl (C=O) groups excluding carboxylic acids is 3. The minimum atomic E-state index is -1.56. The number of benzene rings is 3. The van der Waals surface area contributed by atoms with Gasteiger partial charge in [0.1, 0.15) is 18.2 Å². The molecule has 202 valence electrons.